The minimum atomic E-state index is 0.0639. The van der Waals surface area contributed by atoms with Crippen LogP contribution in [-0.2, 0) is 11.2 Å². The van der Waals surface area contributed by atoms with Crippen LogP contribution in [0.2, 0.25) is 0 Å². The lowest BCUT2D eigenvalue weighted by Gasteiger charge is -2.15. The Labute approximate surface area is 96.8 Å². The van der Waals surface area contributed by atoms with Crippen molar-refractivity contribution < 1.29 is 4.79 Å². The predicted octanol–water partition coefficient (Wildman–Crippen LogP) is 2.05. The molecule has 0 aliphatic carbocycles. The Hall–Kier alpha value is -1.64. The van der Waals surface area contributed by atoms with E-state index in [-0.39, 0.29) is 5.91 Å². The second-order valence-corrected chi connectivity index (χ2v) is 4.09. The van der Waals surface area contributed by atoms with Gasteiger partial charge in [0, 0.05) is 32.1 Å². The Bertz CT molecular complexity index is 367. The maximum absolute atomic E-state index is 11.6. The smallest absolute Gasteiger partial charge is 0.246 e. The number of hydrogen-bond donors (Lipinski definition) is 0. The van der Waals surface area contributed by atoms with E-state index in [0.29, 0.717) is 0 Å². The van der Waals surface area contributed by atoms with Gasteiger partial charge in [-0.15, -0.1) is 0 Å². The number of rotatable bonds is 4. The van der Waals surface area contributed by atoms with Gasteiger partial charge in [0.25, 0.3) is 0 Å². The summed E-state index contributed by atoms with van der Waals surface area (Å²) in [5.74, 6) is 0.0639. The third kappa shape index (κ3) is 4.26. The van der Waals surface area contributed by atoms with E-state index in [1.165, 1.54) is 5.56 Å². The highest BCUT2D eigenvalue weighted by Gasteiger charge is 2.04. The molecule has 1 amide bonds. The predicted molar refractivity (Wildman–Crippen MR) is 65.0 cm³/mol. The van der Waals surface area contributed by atoms with Gasteiger partial charge in [-0.2, -0.15) is 0 Å². The summed E-state index contributed by atoms with van der Waals surface area (Å²) < 4.78 is 0. The van der Waals surface area contributed by atoms with Gasteiger partial charge in [0.05, 0.1) is 0 Å². The molecule has 1 heterocycles. The molecule has 0 unspecified atom stereocenters. The first kappa shape index (κ1) is 12.4. The van der Waals surface area contributed by atoms with E-state index in [9.17, 15) is 4.79 Å². The van der Waals surface area contributed by atoms with Crippen LogP contribution >= 0.6 is 0 Å². The van der Waals surface area contributed by atoms with Crippen LogP contribution in [0.25, 0.3) is 0 Å². The minimum absolute atomic E-state index is 0.0639. The van der Waals surface area contributed by atoms with Crippen molar-refractivity contribution in [1.82, 2.24) is 9.88 Å². The van der Waals surface area contributed by atoms with Crippen molar-refractivity contribution in [3.8, 4) is 0 Å². The van der Waals surface area contributed by atoms with E-state index >= 15 is 0 Å². The van der Waals surface area contributed by atoms with Gasteiger partial charge in [0.15, 0.2) is 0 Å². The van der Waals surface area contributed by atoms with Gasteiger partial charge in [-0.25, -0.2) is 0 Å². The summed E-state index contributed by atoms with van der Waals surface area (Å²) in [7, 11) is 1.82. The molecule has 0 spiro atoms. The molecule has 1 aromatic heterocycles. The molecular formula is C13H18N2O. The first-order chi connectivity index (χ1) is 7.59. The number of aromatic nitrogens is 1. The molecule has 0 N–H and O–H groups in total. The van der Waals surface area contributed by atoms with Gasteiger partial charge in [0.2, 0.25) is 5.91 Å². The van der Waals surface area contributed by atoms with E-state index in [2.05, 4.69) is 4.98 Å². The third-order valence-corrected chi connectivity index (χ3v) is 2.27. The topological polar surface area (TPSA) is 33.2 Å². The highest BCUT2D eigenvalue weighted by molar-refractivity contribution is 5.87. The van der Waals surface area contributed by atoms with Crippen molar-refractivity contribution >= 4 is 5.91 Å². The quantitative estimate of drug-likeness (QED) is 0.725. The highest BCUT2D eigenvalue weighted by atomic mass is 16.2. The summed E-state index contributed by atoms with van der Waals surface area (Å²) in [6, 6.07) is 3.94. The van der Waals surface area contributed by atoms with Crippen LogP contribution < -0.4 is 0 Å². The fourth-order valence-corrected chi connectivity index (χ4v) is 1.31. The number of hydrogen-bond acceptors (Lipinski definition) is 2. The summed E-state index contributed by atoms with van der Waals surface area (Å²) in [5.41, 5.74) is 2.23. The molecule has 3 nitrogen and oxygen atoms in total. The molecule has 1 rings (SSSR count). The van der Waals surface area contributed by atoms with Crippen LogP contribution in [0.15, 0.2) is 36.2 Å². The van der Waals surface area contributed by atoms with Gasteiger partial charge in [-0.3, -0.25) is 9.78 Å². The molecular weight excluding hydrogens is 200 g/mol. The Morgan fingerprint density at radius 2 is 2.00 bits per heavy atom. The van der Waals surface area contributed by atoms with Crippen molar-refractivity contribution in [2.24, 2.45) is 0 Å². The van der Waals surface area contributed by atoms with Crippen LogP contribution in [0.5, 0.6) is 0 Å². The van der Waals surface area contributed by atoms with E-state index in [1.807, 2.05) is 33.0 Å². The maximum Gasteiger partial charge on any atom is 0.246 e. The van der Waals surface area contributed by atoms with Gasteiger partial charge in [-0.05, 0) is 38.0 Å². The monoisotopic (exact) mass is 218 g/mol. The molecule has 0 aliphatic heterocycles. The van der Waals surface area contributed by atoms with Gasteiger partial charge in [-0.1, -0.05) is 5.57 Å². The molecule has 0 atom stereocenters. The number of carbonyl (C=O) groups excluding carboxylic acids is 1. The number of nitrogens with zero attached hydrogens (tertiary/aromatic N) is 2. The van der Waals surface area contributed by atoms with Crippen LogP contribution in [0.3, 0.4) is 0 Å². The van der Waals surface area contributed by atoms with Crippen LogP contribution in [0, 0.1) is 0 Å². The third-order valence-electron chi connectivity index (χ3n) is 2.27. The molecule has 0 bridgehead atoms. The molecule has 16 heavy (non-hydrogen) atoms. The Kier molecular flexibility index (Phi) is 4.70. The first-order valence-corrected chi connectivity index (χ1v) is 5.38. The van der Waals surface area contributed by atoms with Crippen molar-refractivity contribution in [2.45, 2.75) is 20.3 Å². The molecule has 1 aromatic rings. The summed E-state index contributed by atoms with van der Waals surface area (Å²) >= 11 is 0. The molecule has 0 fully saturated rings. The molecule has 0 radical (unpaired) electrons. The fourth-order valence-electron chi connectivity index (χ4n) is 1.31. The average molecular weight is 218 g/mol. The van der Waals surface area contributed by atoms with Crippen molar-refractivity contribution in [3.63, 3.8) is 0 Å². The standard InChI is InChI=1S/C13H18N2O/c1-11(2)10-13(16)15(3)9-6-12-4-7-14-8-5-12/h4-5,7-8,10H,6,9H2,1-3H3. The number of pyridine rings is 1. The molecule has 0 saturated heterocycles. The maximum atomic E-state index is 11.6. The summed E-state index contributed by atoms with van der Waals surface area (Å²) in [6.45, 7) is 4.58. The van der Waals surface area contributed by atoms with Crippen molar-refractivity contribution in [2.75, 3.05) is 13.6 Å². The van der Waals surface area contributed by atoms with Crippen LogP contribution in [-0.4, -0.2) is 29.4 Å². The lowest BCUT2D eigenvalue weighted by atomic mass is 10.2. The number of allylic oxidation sites excluding steroid dienone is 1. The van der Waals surface area contributed by atoms with Crippen LogP contribution in [0.4, 0.5) is 0 Å². The summed E-state index contributed by atoms with van der Waals surface area (Å²) in [4.78, 5) is 17.3. The summed E-state index contributed by atoms with van der Waals surface area (Å²) in [6.07, 6.45) is 6.06. The van der Waals surface area contributed by atoms with E-state index in [0.717, 1.165) is 18.5 Å². The van der Waals surface area contributed by atoms with Crippen LogP contribution in [0.1, 0.15) is 19.4 Å². The second-order valence-electron chi connectivity index (χ2n) is 4.09. The number of likely N-dealkylation sites (N-methyl/N-ethyl adjacent to an activating group) is 1. The second kappa shape index (κ2) is 6.05. The van der Waals surface area contributed by atoms with E-state index < -0.39 is 0 Å². The zero-order chi connectivity index (χ0) is 12.0. The molecule has 3 heteroatoms. The minimum Gasteiger partial charge on any atom is -0.342 e. The lowest BCUT2D eigenvalue weighted by Crippen LogP contribution is -2.27. The van der Waals surface area contributed by atoms with Gasteiger partial charge >= 0.3 is 0 Å². The Balaban J connectivity index is 2.44. The Morgan fingerprint density at radius 3 is 2.56 bits per heavy atom. The molecule has 0 aromatic carbocycles. The van der Waals surface area contributed by atoms with E-state index in [1.54, 1.807) is 23.4 Å². The first-order valence-electron chi connectivity index (χ1n) is 5.38. The van der Waals surface area contributed by atoms with Crippen molar-refractivity contribution in [1.29, 1.82) is 0 Å². The normalized spacial score (nSPS) is 9.69. The van der Waals surface area contributed by atoms with Gasteiger partial charge in [0.1, 0.15) is 0 Å². The number of amides is 1. The average Bonchev–Trinajstić information content (AvgIpc) is 2.26. The van der Waals surface area contributed by atoms with Gasteiger partial charge < -0.3 is 4.90 Å². The number of carbonyl (C=O) groups is 1. The fraction of sp³-hybridized carbons (Fsp3) is 0.385. The SMILES string of the molecule is CC(C)=CC(=O)N(C)CCc1ccncc1. The summed E-state index contributed by atoms with van der Waals surface area (Å²) in [5, 5.41) is 0. The zero-order valence-corrected chi connectivity index (χ0v) is 10.1. The molecule has 0 saturated carbocycles. The largest absolute Gasteiger partial charge is 0.342 e. The molecule has 0 aliphatic rings. The van der Waals surface area contributed by atoms with E-state index in [4.69, 9.17) is 0 Å². The van der Waals surface area contributed by atoms with Crippen molar-refractivity contribution in [3.05, 3.63) is 41.7 Å². The lowest BCUT2D eigenvalue weighted by molar-refractivity contribution is -0.124. The Morgan fingerprint density at radius 1 is 1.38 bits per heavy atom. The zero-order valence-electron chi connectivity index (χ0n) is 10.1. The highest BCUT2D eigenvalue weighted by Crippen LogP contribution is 2.00. The molecule has 86 valence electrons.